The van der Waals surface area contributed by atoms with Gasteiger partial charge >= 0.3 is 5.97 Å². The molecule has 0 radical (unpaired) electrons. The fourth-order valence-electron chi connectivity index (χ4n) is 4.68. The van der Waals surface area contributed by atoms with Crippen molar-refractivity contribution in [2.75, 3.05) is 0 Å². The van der Waals surface area contributed by atoms with E-state index in [2.05, 4.69) is 41.2 Å². The van der Waals surface area contributed by atoms with Crippen molar-refractivity contribution in [3.8, 4) is 0 Å². The number of hydrogen-bond donors (Lipinski definition) is 2. The van der Waals surface area contributed by atoms with Gasteiger partial charge < -0.3 is 15.0 Å². The smallest absolute Gasteiger partial charge is 0.305 e. The number of fused-ring (bicyclic) bond motifs is 1. The van der Waals surface area contributed by atoms with E-state index in [9.17, 15) is 14.7 Å². The van der Waals surface area contributed by atoms with E-state index in [0.717, 1.165) is 49.0 Å². The van der Waals surface area contributed by atoms with E-state index in [0.29, 0.717) is 11.6 Å². The van der Waals surface area contributed by atoms with Gasteiger partial charge in [0.25, 0.3) is 5.91 Å². The molecule has 0 bridgehead atoms. The lowest BCUT2D eigenvalue weighted by atomic mass is 9.91. The number of rotatable bonds is 12. The molecule has 2 N–H and O–H groups in total. The number of benzene rings is 1. The molecule has 3 rings (SSSR count). The van der Waals surface area contributed by atoms with Crippen LogP contribution in [0.1, 0.15) is 86.9 Å². The molecule has 0 saturated heterocycles. The average Bonchev–Trinajstić information content (AvgIpc) is 3.43. The first kappa shape index (κ1) is 25.0. The SMILES string of the molecule is CCC(CC)C(CC(=O)O)NC(=O)c1ccc2c(c1)nc(Cc1cccs1)n2C(CC)CC. The van der Waals surface area contributed by atoms with Crippen LogP contribution in [0.5, 0.6) is 0 Å². The van der Waals surface area contributed by atoms with E-state index in [1.807, 2.05) is 32.0 Å². The molecule has 7 heteroatoms. The van der Waals surface area contributed by atoms with Gasteiger partial charge in [-0.05, 0) is 48.4 Å². The zero-order chi connectivity index (χ0) is 24.0. The van der Waals surface area contributed by atoms with Crippen molar-refractivity contribution in [1.29, 1.82) is 0 Å². The minimum Gasteiger partial charge on any atom is -0.481 e. The summed E-state index contributed by atoms with van der Waals surface area (Å²) in [7, 11) is 0. The summed E-state index contributed by atoms with van der Waals surface area (Å²) in [4.78, 5) is 30.6. The Bertz CT molecular complexity index is 1070. The molecule has 3 aromatic rings. The van der Waals surface area contributed by atoms with Crippen LogP contribution in [0.15, 0.2) is 35.7 Å². The van der Waals surface area contributed by atoms with Gasteiger partial charge in [0, 0.05) is 28.9 Å². The average molecular weight is 470 g/mol. The van der Waals surface area contributed by atoms with Crippen molar-refractivity contribution >= 4 is 34.2 Å². The van der Waals surface area contributed by atoms with Crippen LogP contribution < -0.4 is 5.32 Å². The Morgan fingerprint density at radius 3 is 2.39 bits per heavy atom. The quantitative estimate of drug-likeness (QED) is 0.338. The Kier molecular flexibility index (Phi) is 8.67. The van der Waals surface area contributed by atoms with Crippen LogP contribution in [0.3, 0.4) is 0 Å². The predicted molar refractivity (Wildman–Crippen MR) is 134 cm³/mol. The molecular formula is C26H35N3O3S. The molecule has 1 amide bonds. The summed E-state index contributed by atoms with van der Waals surface area (Å²) in [6, 6.07) is 9.79. The third-order valence-electron chi connectivity index (χ3n) is 6.57. The monoisotopic (exact) mass is 469 g/mol. The van der Waals surface area contributed by atoms with Crippen LogP contribution in [0.4, 0.5) is 0 Å². The number of amides is 1. The highest BCUT2D eigenvalue weighted by molar-refractivity contribution is 7.09. The van der Waals surface area contributed by atoms with Crippen molar-refractivity contribution in [1.82, 2.24) is 14.9 Å². The molecule has 0 aliphatic heterocycles. The first-order chi connectivity index (χ1) is 15.9. The van der Waals surface area contributed by atoms with Crippen LogP contribution >= 0.6 is 11.3 Å². The molecule has 0 saturated carbocycles. The Morgan fingerprint density at radius 2 is 1.82 bits per heavy atom. The minimum atomic E-state index is -0.898. The lowest BCUT2D eigenvalue weighted by Gasteiger charge is -2.25. The van der Waals surface area contributed by atoms with E-state index < -0.39 is 12.0 Å². The third-order valence-corrected chi connectivity index (χ3v) is 7.45. The Hall–Kier alpha value is -2.67. The van der Waals surface area contributed by atoms with Gasteiger partial charge in [0.15, 0.2) is 0 Å². The molecule has 0 aliphatic rings. The highest BCUT2D eigenvalue weighted by Crippen LogP contribution is 2.28. The van der Waals surface area contributed by atoms with Crippen molar-refractivity contribution in [3.05, 3.63) is 52.0 Å². The van der Waals surface area contributed by atoms with Gasteiger partial charge in [0.05, 0.1) is 17.5 Å². The first-order valence-electron chi connectivity index (χ1n) is 12.0. The van der Waals surface area contributed by atoms with Gasteiger partial charge in [-0.25, -0.2) is 4.98 Å². The van der Waals surface area contributed by atoms with Gasteiger partial charge in [-0.1, -0.05) is 46.6 Å². The standard InChI is InChI=1S/C26H35N3O3S/c1-5-17(6-2)21(16-25(30)31)28-26(32)18-11-12-23-22(14-18)27-24(15-20-10-9-13-33-20)29(23)19(7-3)8-4/h9-14,17,19,21H,5-8,15-16H2,1-4H3,(H,28,32)(H,30,31). The maximum absolute atomic E-state index is 13.1. The third kappa shape index (κ3) is 5.82. The predicted octanol–water partition coefficient (Wildman–Crippen LogP) is 6.06. The number of aliphatic carboxylic acids is 1. The molecule has 6 nitrogen and oxygen atoms in total. The number of nitrogens with one attached hydrogen (secondary N) is 1. The lowest BCUT2D eigenvalue weighted by Crippen LogP contribution is -2.41. The van der Waals surface area contributed by atoms with Crippen molar-refractivity contribution < 1.29 is 14.7 Å². The number of aromatic nitrogens is 2. The van der Waals surface area contributed by atoms with Crippen molar-refractivity contribution in [3.63, 3.8) is 0 Å². The van der Waals surface area contributed by atoms with Crippen molar-refractivity contribution in [2.24, 2.45) is 5.92 Å². The number of thiophene rings is 1. The van der Waals surface area contributed by atoms with Crippen LogP contribution in [0, 0.1) is 5.92 Å². The highest BCUT2D eigenvalue weighted by atomic mass is 32.1. The molecule has 1 aromatic carbocycles. The molecular weight excluding hydrogens is 434 g/mol. The van der Waals surface area contributed by atoms with E-state index in [-0.39, 0.29) is 18.2 Å². The minimum absolute atomic E-state index is 0.0748. The molecule has 2 aromatic heterocycles. The summed E-state index contributed by atoms with van der Waals surface area (Å²) >= 11 is 1.72. The molecule has 1 atom stereocenters. The number of nitrogens with zero attached hydrogens (tertiary/aromatic N) is 2. The lowest BCUT2D eigenvalue weighted by molar-refractivity contribution is -0.137. The van der Waals surface area contributed by atoms with Crippen molar-refractivity contribution in [2.45, 2.75) is 78.3 Å². The van der Waals surface area contributed by atoms with Crippen LogP contribution in [-0.4, -0.2) is 32.6 Å². The van der Waals surface area contributed by atoms with E-state index >= 15 is 0 Å². The number of carboxylic acid groups (broad SMARTS) is 1. The topological polar surface area (TPSA) is 84.2 Å². The van der Waals surface area contributed by atoms with Gasteiger partial charge in [-0.2, -0.15) is 0 Å². The van der Waals surface area contributed by atoms with Gasteiger partial charge in [0.1, 0.15) is 5.82 Å². The van der Waals surface area contributed by atoms with E-state index in [4.69, 9.17) is 4.98 Å². The largest absolute Gasteiger partial charge is 0.481 e. The highest BCUT2D eigenvalue weighted by Gasteiger charge is 2.25. The first-order valence-corrected chi connectivity index (χ1v) is 12.8. The summed E-state index contributed by atoms with van der Waals surface area (Å²) < 4.78 is 2.33. The molecule has 2 heterocycles. The molecule has 33 heavy (non-hydrogen) atoms. The molecule has 0 aliphatic carbocycles. The Morgan fingerprint density at radius 1 is 1.09 bits per heavy atom. The Balaban J connectivity index is 1.95. The summed E-state index contributed by atoms with van der Waals surface area (Å²) in [6.45, 7) is 8.44. The summed E-state index contributed by atoms with van der Waals surface area (Å²) in [5, 5.41) is 14.4. The maximum Gasteiger partial charge on any atom is 0.305 e. The van der Waals surface area contributed by atoms with Crippen LogP contribution in [0.2, 0.25) is 0 Å². The number of hydrogen-bond acceptors (Lipinski definition) is 4. The fourth-order valence-corrected chi connectivity index (χ4v) is 5.38. The molecule has 178 valence electrons. The summed E-state index contributed by atoms with van der Waals surface area (Å²) in [6.07, 6.45) is 4.34. The maximum atomic E-state index is 13.1. The van der Waals surface area contributed by atoms with Crippen LogP contribution in [0.25, 0.3) is 11.0 Å². The molecule has 0 spiro atoms. The zero-order valence-electron chi connectivity index (χ0n) is 20.0. The summed E-state index contributed by atoms with van der Waals surface area (Å²) in [5.74, 6) is -0.00327. The number of carboxylic acids is 1. The van der Waals surface area contributed by atoms with E-state index in [1.165, 1.54) is 4.88 Å². The van der Waals surface area contributed by atoms with Gasteiger partial charge in [-0.3, -0.25) is 9.59 Å². The molecule has 0 fully saturated rings. The van der Waals surface area contributed by atoms with Gasteiger partial charge in [-0.15, -0.1) is 11.3 Å². The second kappa shape index (κ2) is 11.5. The number of imidazole rings is 1. The zero-order valence-corrected chi connectivity index (χ0v) is 20.8. The normalized spacial score (nSPS) is 12.5. The summed E-state index contributed by atoms with van der Waals surface area (Å²) in [5.41, 5.74) is 2.35. The number of carbonyl (C=O) groups is 2. The van der Waals surface area contributed by atoms with Crippen LogP contribution in [-0.2, 0) is 11.2 Å². The van der Waals surface area contributed by atoms with E-state index in [1.54, 1.807) is 11.3 Å². The second-order valence-electron chi connectivity index (χ2n) is 8.58. The molecule has 1 unspecified atom stereocenters. The second-order valence-corrected chi connectivity index (χ2v) is 9.61. The van der Waals surface area contributed by atoms with Gasteiger partial charge in [0.2, 0.25) is 0 Å². The number of carbonyl (C=O) groups excluding carboxylic acids is 1. The fraction of sp³-hybridized carbons (Fsp3) is 0.500. The Labute approximate surface area is 200 Å².